The zero-order chi connectivity index (χ0) is 13.8. The second-order valence-corrected chi connectivity index (χ2v) is 4.91. The minimum atomic E-state index is 0. The predicted octanol–water partition coefficient (Wildman–Crippen LogP) is 2.05. The largest absolute Gasteiger partial charge is 0.324 e. The van der Waals surface area contributed by atoms with Crippen LogP contribution in [0.15, 0.2) is 37.1 Å². The van der Waals surface area contributed by atoms with Crippen molar-refractivity contribution in [3.8, 4) is 5.82 Å². The smallest absolute Gasteiger partial charge is 0.228 e. The van der Waals surface area contributed by atoms with Gasteiger partial charge in [-0.05, 0) is 31.5 Å². The lowest BCUT2D eigenvalue weighted by Crippen LogP contribution is -2.37. The molecule has 0 saturated carbocycles. The molecule has 2 N–H and O–H groups in total. The standard InChI is InChI=1S/C14H17N5O.2ClH/c20-14(11-2-1-5-15-8-11)18-12-3-4-13(17-9-12)19-7-6-16-10-19;;/h3-4,6-7,9-11,15H,1-2,5,8H2,(H,18,20);2*1H/t11-;;/m1../s1. The summed E-state index contributed by atoms with van der Waals surface area (Å²) in [6, 6.07) is 3.72. The monoisotopic (exact) mass is 343 g/mol. The van der Waals surface area contributed by atoms with Gasteiger partial charge in [0.1, 0.15) is 12.1 Å². The molecule has 1 fully saturated rings. The molecule has 0 unspecified atom stereocenters. The number of nitrogens with zero attached hydrogens (tertiary/aromatic N) is 3. The van der Waals surface area contributed by atoms with E-state index in [0.29, 0.717) is 0 Å². The molecule has 22 heavy (non-hydrogen) atoms. The van der Waals surface area contributed by atoms with E-state index in [0.717, 1.165) is 37.4 Å². The summed E-state index contributed by atoms with van der Waals surface area (Å²) in [5.41, 5.74) is 0.726. The molecule has 2 aromatic rings. The highest BCUT2D eigenvalue weighted by Gasteiger charge is 2.20. The van der Waals surface area contributed by atoms with Crippen LogP contribution < -0.4 is 10.6 Å². The summed E-state index contributed by atoms with van der Waals surface area (Å²) >= 11 is 0. The molecule has 0 aliphatic carbocycles. The molecule has 6 nitrogen and oxygen atoms in total. The number of piperidine rings is 1. The first-order valence-corrected chi connectivity index (χ1v) is 6.79. The number of halogens is 2. The molecular formula is C14H19Cl2N5O. The first kappa shape index (κ1) is 18.4. The van der Waals surface area contributed by atoms with Crippen molar-refractivity contribution in [2.24, 2.45) is 5.92 Å². The van der Waals surface area contributed by atoms with Crippen LogP contribution in [0.25, 0.3) is 5.82 Å². The molecule has 1 saturated heterocycles. The van der Waals surface area contributed by atoms with Crippen molar-refractivity contribution in [1.82, 2.24) is 19.9 Å². The molecule has 3 rings (SSSR count). The molecule has 0 radical (unpaired) electrons. The lowest BCUT2D eigenvalue weighted by Gasteiger charge is -2.21. The summed E-state index contributed by atoms with van der Waals surface area (Å²) in [6.07, 6.45) is 8.88. The molecule has 8 heteroatoms. The maximum atomic E-state index is 12.1. The van der Waals surface area contributed by atoms with Crippen LogP contribution in [0.4, 0.5) is 5.69 Å². The van der Waals surface area contributed by atoms with Crippen molar-refractivity contribution < 1.29 is 4.79 Å². The number of hydrogen-bond donors (Lipinski definition) is 2. The van der Waals surface area contributed by atoms with Crippen LogP contribution in [0.2, 0.25) is 0 Å². The van der Waals surface area contributed by atoms with E-state index in [2.05, 4.69) is 20.6 Å². The van der Waals surface area contributed by atoms with Gasteiger partial charge in [0.2, 0.25) is 5.91 Å². The fraction of sp³-hybridized carbons (Fsp3) is 0.357. The highest BCUT2D eigenvalue weighted by molar-refractivity contribution is 5.92. The molecule has 1 aliphatic heterocycles. The van der Waals surface area contributed by atoms with Crippen LogP contribution in [-0.2, 0) is 4.79 Å². The third kappa shape index (κ3) is 4.43. The van der Waals surface area contributed by atoms with Crippen molar-refractivity contribution in [2.45, 2.75) is 12.8 Å². The average molecular weight is 344 g/mol. The molecule has 0 spiro atoms. The maximum absolute atomic E-state index is 12.1. The van der Waals surface area contributed by atoms with Crippen LogP contribution >= 0.6 is 24.8 Å². The Morgan fingerprint density at radius 3 is 2.82 bits per heavy atom. The van der Waals surface area contributed by atoms with Gasteiger partial charge in [0.25, 0.3) is 0 Å². The average Bonchev–Trinajstić information content (AvgIpc) is 3.03. The predicted molar refractivity (Wildman–Crippen MR) is 90.1 cm³/mol. The Balaban J connectivity index is 0.00000121. The lowest BCUT2D eigenvalue weighted by molar-refractivity contribution is -0.120. The van der Waals surface area contributed by atoms with Crippen LogP contribution in [0.1, 0.15) is 12.8 Å². The Kier molecular flexibility index (Phi) is 7.31. The van der Waals surface area contributed by atoms with Crippen molar-refractivity contribution in [1.29, 1.82) is 0 Å². The van der Waals surface area contributed by atoms with Gasteiger partial charge < -0.3 is 10.6 Å². The highest BCUT2D eigenvalue weighted by atomic mass is 35.5. The van der Waals surface area contributed by atoms with Gasteiger partial charge in [0.05, 0.1) is 17.8 Å². The van der Waals surface area contributed by atoms with Crippen LogP contribution in [0.3, 0.4) is 0 Å². The molecule has 1 amide bonds. The number of hydrogen-bond acceptors (Lipinski definition) is 4. The molecule has 0 bridgehead atoms. The van der Waals surface area contributed by atoms with E-state index in [-0.39, 0.29) is 36.6 Å². The highest BCUT2D eigenvalue weighted by Crippen LogP contribution is 2.14. The minimum Gasteiger partial charge on any atom is -0.324 e. The zero-order valence-corrected chi connectivity index (χ0v) is 13.6. The molecule has 3 heterocycles. The van der Waals surface area contributed by atoms with Crippen molar-refractivity contribution in [2.75, 3.05) is 18.4 Å². The Labute approximate surface area is 141 Å². The van der Waals surface area contributed by atoms with Crippen molar-refractivity contribution in [3.05, 3.63) is 37.1 Å². The first-order valence-electron chi connectivity index (χ1n) is 6.79. The van der Waals surface area contributed by atoms with Crippen molar-refractivity contribution in [3.63, 3.8) is 0 Å². The summed E-state index contributed by atoms with van der Waals surface area (Å²) in [7, 11) is 0. The van der Waals surface area contributed by atoms with Crippen LogP contribution in [0.5, 0.6) is 0 Å². The third-order valence-electron chi connectivity index (χ3n) is 3.45. The molecular weight excluding hydrogens is 325 g/mol. The normalized spacial score (nSPS) is 17.0. The Hall–Kier alpha value is -1.63. The fourth-order valence-electron chi connectivity index (χ4n) is 2.33. The number of imidazole rings is 1. The second-order valence-electron chi connectivity index (χ2n) is 4.91. The second kappa shape index (κ2) is 8.73. The fourth-order valence-corrected chi connectivity index (χ4v) is 2.33. The Morgan fingerprint density at radius 2 is 2.23 bits per heavy atom. The van der Waals surface area contributed by atoms with Gasteiger partial charge in [-0.25, -0.2) is 9.97 Å². The number of amides is 1. The topological polar surface area (TPSA) is 71.8 Å². The van der Waals surface area contributed by atoms with Crippen LogP contribution in [-0.4, -0.2) is 33.5 Å². The van der Waals surface area contributed by atoms with E-state index in [1.165, 1.54) is 0 Å². The molecule has 2 aromatic heterocycles. The summed E-state index contributed by atoms with van der Waals surface area (Å²) in [4.78, 5) is 20.4. The quantitative estimate of drug-likeness (QED) is 0.894. The summed E-state index contributed by atoms with van der Waals surface area (Å²) < 4.78 is 1.82. The van der Waals surface area contributed by atoms with E-state index in [1.54, 1.807) is 18.7 Å². The number of nitrogens with one attached hydrogen (secondary N) is 2. The van der Waals surface area contributed by atoms with Gasteiger partial charge in [-0.15, -0.1) is 24.8 Å². The molecule has 1 aliphatic rings. The van der Waals surface area contributed by atoms with Crippen LogP contribution in [0, 0.1) is 5.92 Å². The van der Waals surface area contributed by atoms with E-state index in [1.807, 2.05) is 22.9 Å². The molecule has 1 atom stereocenters. The van der Waals surface area contributed by atoms with Gasteiger partial charge in [-0.3, -0.25) is 9.36 Å². The van der Waals surface area contributed by atoms with Gasteiger partial charge >= 0.3 is 0 Å². The summed E-state index contributed by atoms with van der Waals surface area (Å²) in [5, 5.41) is 6.16. The number of carbonyl (C=O) groups excluding carboxylic acids is 1. The first-order chi connectivity index (χ1) is 9.83. The van der Waals surface area contributed by atoms with Crippen molar-refractivity contribution >= 4 is 36.4 Å². The summed E-state index contributed by atoms with van der Waals surface area (Å²) in [5.74, 6) is 0.895. The van der Waals surface area contributed by atoms with Gasteiger partial charge in [-0.2, -0.15) is 0 Å². The minimum absolute atomic E-state index is 0. The number of anilines is 1. The summed E-state index contributed by atoms with van der Waals surface area (Å²) in [6.45, 7) is 1.76. The number of aromatic nitrogens is 3. The zero-order valence-electron chi connectivity index (χ0n) is 11.9. The number of carbonyl (C=O) groups is 1. The third-order valence-corrected chi connectivity index (χ3v) is 3.45. The lowest BCUT2D eigenvalue weighted by atomic mass is 9.99. The Morgan fingerprint density at radius 1 is 1.36 bits per heavy atom. The number of rotatable bonds is 3. The van der Waals surface area contributed by atoms with E-state index >= 15 is 0 Å². The molecule has 120 valence electrons. The van der Waals surface area contributed by atoms with Gasteiger partial charge in [0, 0.05) is 18.9 Å². The molecule has 0 aromatic carbocycles. The van der Waals surface area contributed by atoms with E-state index < -0.39 is 0 Å². The van der Waals surface area contributed by atoms with Gasteiger partial charge in [0.15, 0.2) is 0 Å². The van der Waals surface area contributed by atoms with Gasteiger partial charge in [-0.1, -0.05) is 0 Å². The SMILES string of the molecule is Cl.Cl.O=C(Nc1ccc(-n2ccnc2)nc1)[C@@H]1CCCNC1. The van der Waals surface area contributed by atoms with E-state index in [9.17, 15) is 4.79 Å². The van der Waals surface area contributed by atoms with E-state index in [4.69, 9.17) is 0 Å². The Bertz CT molecular complexity index is 567. The number of pyridine rings is 1. The maximum Gasteiger partial charge on any atom is 0.228 e.